The summed E-state index contributed by atoms with van der Waals surface area (Å²) in [6.45, 7) is 4.11. The lowest BCUT2D eigenvalue weighted by Crippen LogP contribution is -2.34. The molecule has 2 aromatic carbocycles. The Labute approximate surface area is 188 Å². The van der Waals surface area contributed by atoms with Crippen molar-refractivity contribution >= 4 is 17.6 Å². The molecule has 3 aromatic rings. The van der Waals surface area contributed by atoms with E-state index in [1.807, 2.05) is 42.5 Å². The fourth-order valence-corrected chi connectivity index (χ4v) is 4.52. The van der Waals surface area contributed by atoms with E-state index in [0.717, 1.165) is 48.8 Å². The summed E-state index contributed by atoms with van der Waals surface area (Å²) in [7, 11) is 1.65. The lowest BCUT2D eigenvalue weighted by Gasteiger charge is -2.32. The third-order valence-corrected chi connectivity index (χ3v) is 6.56. The molecule has 2 heterocycles. The van der Waals surface area contributed by atoms with Gasteiger partial charge < -0.3 is 9.64 Å². The largest absolute Gasteiger partial charge is 0.497 e. The molecular weight excluding hydrogens is 404 g/mol. The zero-order valence-corrected chi connectivity index (χ0v) is 18.7. The molecule has 0 saturated carbocycles. The second-order valence-electron chi connectivity index (χ2n) is 7.84. The van der Waals surface area contributed by atoms with Crippen molar-refractivity contribution in [3.63, 3.8) is 0 Å². The Kier molecular flexibility index (Phi) is 6.73. The highest BCUT2D eigenvalue weighted by atomic mass is 32.2. The van der Waals surface area contributed by atoms with Crippen LogP contribution in [0.2, 0.25) is 0 Å². The van der Waals surface area contributed by atoms with Gasteiger partial charge in [-0.05, 0) is 48.6 Å². The number of aromatic nitrogens is 2. The van der Waals surface area contributed by atoms with Gasteiger partial charge in [-0.25, -0.2) is 9.97 Å². The molecule has 6 heteroatoms. The summed E-state index contributed by atoms with van der Waals surface area (Å²) in [4.78, 5) is 11.9. The topological polar surface area (TPSA) is 62.0 Å². The van der Waals surface area contributed by atoms with Crippen LogP contribution in [0.3, 0.4) is 0 Å². The number of nitriles is 1. The second kappa shape index (κ2) is 9.84. The van der Waals surface area contributed by atoms with Gasteiger partial charge in [0.05, 0.1) is 12.8 Å². The summed E-state index contributed by atoms with van der Waals surface area (Å²) in [5.74, 6) is 3.02. The smallest absolute Gasteiger partial charge is 0.190 e. The quantitative estimate of drug-likeness (QED) is 0.377. The maximum absolute atomic E-state index is 10.1. The lowest BCUT2D eigenvalue weighted by atomic mass is 9.98. The minimum absolute atomic E-state index is 0.545. The molecule has 0 N–H and O–H groups in total. The average molecular weight is 431 g/mol. The standard InChI is InChI=1S/C25H26N4OS/c1-18-12-14-29(15-13-18)24-22(16-26)23(20-8-10-21(30-2)11-9-20)27-25(28-24)31-17-19-6-4-3-5-7-19/h3-11,18H,12-15,17H2,1-2H3. The van der Waals surface area contributed by atoms with E-state index in [0.29, 0.717) is 22.3 Å². The molecule has 0 atom stereocenters. The molecule has 31 heavy (non-hydrogen) atoms. The molecule has 0 aliphatic carbocycles. The fourth-order valence-electron chi connectivity index (χ4n) is 3.73. The van der Waals surface area contributed by atoms with E-state index in [4.69, 9.17) is 14.7 Å². The van der Waals surface area contributed by atoms with Gasteiger partial charge in [-0.1, -0.05) is 49.0 Å². The molecule has 0 amide bonds. The molecule has 0 bridgehead atoms. The molecule has 1 aromatic heterocycles. The Bertz CT molecular complexity index is 1060. The van der Waals surface area contributed by atoms with Gasteiger partial charge in [0.25, 0.3) is 0 Å². The monoisotopic (exact) mass is 430 g/mol. The molecule has 4 rings (SSSR count). The van der Waals surface area contributed by atoms with Crippen LogP contribution in [0, 0.1) is 17.2 Å². The number of thioether (sulfide) groups is 1. The summed E-state index contributed by atoms with van der Waals surface area (Å²) in [6.07, 6.45) is 2.22. The van der Waals surface area contributed by atoms with E-state index in [1.165, 1.54) is 5.56 Å². The van der Waals surface area contributed by atoms with Gasteiger partial charge in [-0.15, -0.1) is 0 Å². The van der Waals surface area contributed by atoms with Crippen molar-refractivity contribution in [2.24, 2.45) is 5.92 Å². The number of nitrogens with zero attached hydrogens (tertiary/aromatic N) is 4. The minimum Gasteiger partial charge on any atom is -0.497 e. The van der Waals surface area contributed by atoms with Gasteiger partial charge >= 0.3 is 0 Å². The van der Waals surface area contributed by atoms with Crippen LogP contribution in [-0.4, -0.2) is 30.2 Å². The maximum atomic E-state index is 10.1. The summed E-state index contributed by atoms with van der Waals surface area (Å²) in [5, 5.41) is 10.8. The minimum atomic E-state index is 0.545. The van der Waals surface area contributed by atoms with Crippen LogP contribution in [0.5, 0.6) is 5.75 Å². The third-order valence-electron chi connectivity index (χ3n) is 5.64. The van der Waals surface area contributed by atoms with Crippen LogP contribution in [-0.2, 0) is 5.75 Å². The van der Waals surface area contributed by atoms with E-state index >= 15 is 0 Å². The van der Waals surface area contributed by atoms with Crippen molar-refractivity contribution in [2.45, 2.75) is 30.7 Å². The first-order valence-corrected chi connectivity index (χ1v) is 11.5. The van der Waals surface area contributed by atoms with E-state index in [1.54, 1.807) is 18.9 Å². The summed E-state index contributed by atoms with van der Waals surface area (Å²) < 4.78 is 5.29. The predicted octanol–water partition coefficient (Wildman–Crippen LogP) is 5.55. The molecule has 5 nitrogen and oxygen atoms in total. The number of rotatable bonds is 6. The molecule has 0 spiro atoms. The molecule has 1 aliphatic heterocycles. The van der Waals surface area contributed by atoms with Crippen LogP contribution in [0.4, 0.5) is 5.82 Å². The molecule has 1 saturated heterocycles. The Morgan fingerprint density at radius 3 is 2.42 bits per heavy atom. The molecule has 1 fully saturated rings. The number of piperidine rings is 1. The van der Waals surface area contributed by atoms with E-state index in [9.17, 15) is 5.26 Å². The highest BCUT2D eigenvalue weighted by Gasteiger charge is 2.24. The molecule has 1 aliphatic rings. The van der Waals surface area contributed by atoms with Crippen molar-refractivity contribution < 1.29 is 4.74 Å². The van der Waals surface area contributed by atoms with Gasteiger partial charge in [-0.2, -0.15) is 5.26 Å². The number of ether oxygens (including phenoxy) is 1. The summed E-state index contributed by atoms with van der Waals surface area (Å²) >= 11 is 1.60. The van der Waals surface area contributed by atoms with Crippen LogP contribution in [0.1, 0.15) is 30.9 Å². The maximum Gasteiger partial charge on any atom is 0.190 e. The number of anilines is 1. The number of hydrogen-bond donors (Lipinski definition) is 0. The van der Waals surface area contributed by atoms with E-state index in [2.05, 4.69) is 30.0 Å². The van der Waals surface area contributed by atoms with Crippen molar-refractivity contribution in [1.82, 2.24) is 9.97 Å². The van der Waals surface area contributed by atoms with Crippen molar-refractivity contribution in [2.75, 3.05) is 25.1 Å². The normalized spacial score (nSPS) is 14.3. The Morgan fingerprint density at radius 1 is 1.06 bits per heavy atom. The van der Waals surface area contributed by atoms with Gasteiger partial charge in [-0.3, -0.25) is 0 Å². The first-order valence-electron chi connectivity index (χ1n) is 10.6. The molecule has 158 valence electrons. The Balaban J connectivity index is 1.73. The summed E-state index contributed by atoms with van der Waals surface area (Å²) in [5.41, 5.74) is 3.35. The number of methoxy groups -OCH3 is 1. The highest BCUT2D eigenvalue weighted by Crippen LogP contribution is 2.34. The molecule has 0 unspecified atom stereocenters. The Morgan fingerprint density at radius 2 is 1.77 bits per heavy atom. The van der Waals surface area contributed by atoms with Crippen LogP contribution in [0.25, 0.3) is 11.3 Å². The van der Waals surface area contributed by atoms with Crippen molar-refractivity contribution in [3.05, 3.63) is 65.7 Å². The van der Waals surface area contributed by atoms with Gasteiger partial charge in [0.2, 0.25) is 0 Å². The zero-order chi connectivity index (χ0) is 21.6. The second-order valence-corrected chi connectivity index (χ2v) is 8.78. The number of benzene rings is 2. The SMILES string of the molecule is COc1ccc(-c2nc(SCc3ccccc3)nc(N3CCC(C)CC3)c2C#N)cc1. The average Bonchev–Trinajstić information content (AvgIpc) is 2.83. The highest BCUT2D eigenvalue weighted by molar-refractivity contribution is 7.98. The first kappa shape index (κ1) is 21.2. The van der Waals surface area contributed by atoms with Gasteiger partial charge in [0.1, 0.15) is 17.4 Å². The first-order chi connectivity index (χ1) is 15.2. The third kappa shape index (κ3) is 5.00. The van der Waals surface area contributed by atoms with Crippen LogP contribution < -0.4 is 9.64 Å². The Hall–Kier alpha value is -3.04. The summed E-state index contributed by atoms with van der Waals surface area (Å²) in [6, 6.07) is 20.4. The van der Waals surface area contributed by atoms with E-state index < -0.39 is 0 Å². The van der Waals surface area contributed by atoms with Crippen molar-refractivity contribution in [3.8, 4) is 23.1 Å². The van der Waals surface area contributed by atoms with E-state index in [-0.39, 0.29) is 0 Å². The predicted molar refractivity (Wildman–Crippen MR) is 125 cm³/mol. The molecule has 0 radical (unpaired) electrons. The molecular formula is C25H26N4OS. The van der Waals surface area contributed by atoms with Gasteiger partial charge in [0.15, 0.2) is 11.0 Å². The zero-order valence-electron chi connectivity index (χ0n) is 17.9. The van der Waals surface area contributed by atoms with Crippen LogP contribution >= 0.6 is 11.8 Å². The lowest BCUT2D eigenvalue weighted by molar-refractivity contribution is 0.415. The van der Waals surface area contributed by atoms with Crippen molar-refractivity contribution in [1.29, 1.82) is 5.26 Å². The number of hydrogen-bond acceptors (Lipinski definition) is 6. The van der Waals surface area contributed by atoms with Gasteiger partial charge in [0, 0.05) is 24.4 Å². The van der Waals surface area contributed by atoms with Crippen LogP contribution in [0.15, 0.2) is 59.8 Å². The fraction of sp³-hybridized carbons (Fsp3) is 0.320.